The molecule has 0 radical (unpaired) electrons. The van der Waals surface area contributed by atoms with Crippen molar-refractivity contribution in [2.45, 2.75) is 45.3 Å². The van der Waals surface area contributed by atoms with Crippen molar-refractivity contribution in [2.75, 3.05) is 11.1 Å². The maximum Gasteiger partial charge on any atom is 0.263 e. The number of aryl methyl sites for hydroxylation is 2. The van der Waals surface area contributed by atoms with Crippen LogP contribution in [-0.2, 0) is 11.3 Å². The first-order chi connectivity index (χ1) is 13.9. The molecule has 0 aliphatic heterocycles. The van der Waals surface area contributed by atoms with E-state index in [1.54, 1.807) is 28.8 Å². The van der Waals surface area contributed by atoms with Crippen molar-refractivity contribution in [3.8, 4) is 6.07 Å². The number of aromatic nitrogens is 2. The molecule has 0 aliphatic carbocycles. The van der Waals surface area contributed by atoms with E-state index in [4.69, 9.17) is 10.2 Å². The third-order valence-electron chi connectivity index (χ3n) is 4.62. The molecule has 150 valence electrons. The summed E-state index contributed by atoms with van der Waals surface area (Å²) in [5.41, 5.74) is 2.13. The first-order valence-electron chi connectivity index (χ1n) is 9.38. The average Bonchev–Trinajstić information content (AvgIpc) is 3.00. The molecule has 1 aromatic carbocycles. The Morgan fingerprint density at radius 1 is 1.31 bits per heavy atom. The number of nitrogens with zero attached hydrogens (tertiary/aromatic N) is 3. The maximum absolute atomic E-state index is 13.1. The number of hydrogen-bond acceptors (Lipinski definition) is 6. The third-order valence-corrected chi connectivity index (χ3v) is 6.70. The monoisotopic (exact) mass is 426 g/mol. The number of thiophene rings is 1. The predicted molar refractivity (Wildman–Crippen MR) is 119 cm³/mol. The largest absolute Gasteiger partial charge is 0.325 e. The second-order valence-electron chi connectivity index (χ2n) is 6.69. The molecule has 0 aliphatic rings. The highest BCUT2D eigenvalue weighted by atomic mass is 32.2. The van der Waals surface area contributed by atoms with Gasteiger partial charge in [0.25, 0.3) is 5.56 Å². The number of unbranched alkanes of at least 4 members (excludes halogenated alkanes) is 1. The fraction of sp³-hybridized carbons (Fsp3) is 0.333. The Hall–Kier alpha value is -2.63. The van der Waals surface area contributed by atoms with Gasteiger partial charge in [0.05, 0.1) is 22.8 Å². The summed E-state index contributed by atoms with van der Waals surface area (Å²) in [6.07, 6.45) is 1.84. The van der Waals surface area contributed by atoms with E-state index in [2.05, 4.69) is 12.2 Å². The van der Waals surface area contributed by atoms with E-state index in [1.165, 1.54) is 23.1 Å². The van der Waals surface area contributed by atoms with Gasteiger partial charge in [-0.3, -0.25) is 14.2 Å². The molecule has 29 heavy (non-hydrogen) atoms. The van der Waals surface area contributed by atoms with E-state index < -0.39 is 0 Å². The SMILES string of the molecule is CCCCn1c(SCC(=O)Nc2ccc(C#N)cc2)nc2sc(C)c(C)c2c1=O. The lowest BCUT2D eigenvalue weighted by molar-refractivity contribution is -0.113. The van der Waals surface area contributed by atoms with Crippen LogP contribution in [0.1, 0.15) is 35.8 Å². The van der Waals surface area contributed by atoms with Crippen LogP contribution in [0.2, 0.25) is 0 Å². The van der Waals surface area contributed by atoms with Crippen LogP contribution in [0.3, 0.4) is 0 Å². The summed E-state index contributed by atoms with van der Waals surface area (Å²) < 4.78 is 1.70. The van der Waals surface area contributed by atoms with Gasteiger partial charge in [-0.05, 0) is 50.1 Å². The number of nitriles is 1. The molecule has 6 nitrogen and oxygen atoms in total. The molecule has 3 aromatic rings. The average molecular weight is 427 g/mol. The third kappa shape index (κ3) is 4.69. The lowest BCUT2D eigenvalue weighted by Crippen LogP contribution is -2.24. The number of hydrogen-bond donors (Lipinski definition) is 1. The smallest absolute Gasteiger partial charge is 0.263 e. The highest BCUT2D eigenvalue weighted by Gasteiger charge is 2.17. The standard InChI is InChI=1S/C21H22N4O2S2/c1-4-5-10-25-20(27)18-13(2)14(3)29-19(18)24-21(25)28-12-17(26)23-16-8-6-15(11-22)7-9-16/h6-9H,4-5,10,12H2,1-3H3,(H,23,26). The van der Waals surface area contributed by atoms with Crippen molar-refractivity contribution in [3.63, 3.8) is 0 Å². The lowest BCUT2D eigenvalue weighted by atomic mass is 10.2. The molecular weight excluding hydrogens is 404 g/mol. The number of rotatable bonds is 7. The Balaban J connectivity index is 1.81. The maximum atomic E-state index is 13.1. The van der Waals surface area contributed by atoms with Gasteiger partial charge >= 0.3 is 0 Å². The molecule has 2 heterocycles. The quantitative estimate of drug-likeness (QED) is 0.445. The Bertz CT molecular complexity index is 1140. The van der Waals surface area contributed by atoms with Crippen LogP contribution in [0.4, 0.5) is 5.69 Å². The molecule has 0 bridgehead atoms. The first-order valence-corrected chi connectivity index (χ1v) is 11.2. The normalized spacial score (nSPS) is 10.8. The number of carbonyl (C=O) groups excluding carboxylic acids is 1. The summed E-state index contributed by atoms with van der Waals surface area (Å²) in [5, 5.41) is 12.9. The number of nitrogens with one attached hydrogen (secondary N) is 1. The molecule has 8 heteroatoms. The van der Waals surface area contributed by atoms with E-state index in [1.807, 2.05) is 19.9 Å². The summed E-state index contributed by atoms with van der Waals surface area (Å²) >= 11 is 2.79. The van der Waals surface area contributed by atoms with Crippen molar-refractivity contribution < 1.29 is 4.79 Å². The minimum atomic E-state index is -0.186. The lowest BCUT2D eigenvalue weighted by Gasteiger charge is -2.12. The van der Waals surface area contributed by atoms with Crippen molar-refractivity contribution in [1.82, 2.24) is 9.55 Å². The number of benzene rings is 1. The Morgan fingerprint density at radius 2 is 2.03 bits per heavy atom. The Kier molecular flexibility index (Phi) is 6.72. The van der Waals surface area contributed by atoms with E-state index in [0.717, 1.165) is 28.1 Å². The number of carbonyl (C=O) groups is 1. The summed E-state index contributed by atoms with van der Waals surface area (Å²) in [5.74, 6) is -0.0393. The Morgan fingerprint density at radius 3 is 2.69 bits per heavy atom. The second-order valence-corrected chi connectivity index (χ2v) is 8.84. The molecule has 0 fully saturated rings. The molecule has 3 rings (SSSR count). The van der Waals surface area contributed by atoms with Crippen molar-refractivity contribution >= 4 is 44.9 Å². The molecule has 0 atom stereocenters. The predicted octanol–water partition coefficient (Wildman–Crippen LogP) is 4.48. The zero-order valence-corrected chi connectivity index (χ0v) is 18.2. The fourth-order valence-electron chi connectivity index (χ4n) is 2.89. The van der Waals surface area contributed by atoms with Gasteiger partial charge in [0.15, 0.2) is 5.16 Å². The van der Waals surface area contributed by atoms with Gasteiger partial charge in [-0.2, -0.15) is 5.26 Å². The van der Waals surface area contributed by atoms with Gasteiger partial charge in [-0.1, -0.05) is 25.1 Å². The zero-order valence-electron chi connectivity index (χ0n) is 16.6. The van der Waals surface area contributed by atoms with E-state index in [-0.39, 0.29) is 17.2 Å². The molecule has 0 spiro atoms. The summed E-state index contributed by atoms with van der Waals surface area (Å²) in [4.78, 5) is 32.0. The fourth-order valence-corrected chi connectivity index (χ4v) is 4.78. The van der Waals surface area contributed by atoms with Crippen LogP contribution >= 0.6 is 23.1 Å². The van der Waals surface area contributed by atoms with Crippen LogP contribution in [-0.4, -0.2) is 21.2 Å². The number of anilines is 1. The van der Waals surface area contributed by atoms with Crippen molar-refractivity contribution in [2.24, 2.45) is 0 Å². The van der Waals surface area contributed by atoms with Crippen LogP contribution in [0, 0.1) is 25.2 Å². The molecule has 1 N–H and O–H groups in total. The minimum Gasteiger partial charge on any atom is -0.325 e. The summed E-state index contributed by atoms with van der Waals surface area (Å²) in [6.45, 7) is 6.62. The molecule has 2 aromatic heterocycles. The van der Waals surface area contributed by atoms with Gasteiger partial charge in [-0.15, -0.1) is 11.3 Å². The van der Waals surface area contributed by atoms with Gasteiger partial charge in [0, 0.05) is 17.1 Å². The summed E-state index contributed by atoms with van der Waals surface area (Å²) in [6, 6.07) is 8.74. The number of thioether (sulfide) groups is 1. The molecule has 0 unspecified atom stereocenters. The van der Waals surface area contributed by atoms with Crippen molar-refractivity contribution in [1.29, 1.82) is 5.26 Å². The van der Waals surface area contributed by atoms with Crippen LogP contribution in [0.5, 0.6) is 0 Å². The molecule has 0 saturated heterocycles. The topological polar surface area (TPSA) is 87.8 Å². The van der Waals surface area contributed by atoms with Crippen LogP contribution < -0.4 is 10.9 Å². The molecule has 0 saturated carbocycles. The van der Waals surface area contributed by atoms with Gasteiger partial charge in [0.2, 0.25) is 5.91 Å². The Labute approximate surface area is 177 Å². The van der Waals surface area contributed by atoms with Gasteiger partial charge in [0.1, 0.15) is 4.83 Å². The molecule has 1 amide bonds. The van der Waals surface area contributed by atoms with Gasteiger partial charge < -0.3 is 5.32 Å². The van der Waals surface area contributed by atoms with E-state index >= 15 is 0 Å². The number of amides is 1. The second kappa shape index (κ2) is 9.25. The summed E-state index contributed by atoms with van der Waals surface area (Å²) in [7, 11) is 0. The molecular formula is C21H22N4O2S2. The highest BCUT2D eigenvalue weighted by Crippen LogP contribution is 2.28. The van der Waals surface area contributed by atoms with E-state index in [9.17, 15) is 9.59 Å². The van der Waals surface area contributed by atoms with Crippen molar-refractivity contribution in [3.05, 3.63) is 50.6 Å². The van der Waals surface area contributed by atoms with E-state index in [0.29, 0.717) is 28.3 Å². The number of fused-ring (bicyclic) bond motifs is 1. The highest BCUT2D eigenvalue weighted by molar-refractivity contribution is 7.99. The zero-order chi connectivity index (χ0) is 21.0. The van der Waals surface area contributed by atoms with Crippen LogP contribution in [0.15, 0.2) is 34.2 Å². The van der Waals surface area contributed by atoms with Crippen LogP contribution in [0.25, 0.3) is 10.2 Å². The first kappa shape index (κ1) is 21.1. The minimum absolute atomic E-state index is 0.0275. The van der Waals surface area contributed by atoms with Gasteiger partial charge in [-0.25, -0.2) is 4.98 Å².